The van der Waals surface area contributed by atoms with Crippen LogP contribution in [0.2, 0.25) is 0 Å². The fourth-order valence-electron chi connectivity index (χ4n) is 5.35. The Balaban J connectivity index is 1.33. The van der Waals surface area contributed by atoms with E-state index in [4.69, 9.17) is 4.74 Å². The third-order valence-corrected chi connectivity index (χ3v) is 7.02. The molecule has 1 aliphatic heterocycles. The maximum Gasteiger partial charge on any atom is 0.329 e. The Morgan fingerprint density at radius 2 is 1.67 bits per heavy atom. The Labute approximate surface area is 176 Å². The number of hydrogen-bond donors (Lipinski definition) is 1. The van der Waals surface area contributed by atoms with Gasteiger partial charge in [-0.05, 0) is 69.9 Å². The van der Waals surface area contributed by atoms with Crippen molar-refractivity contribution in [2.24, 2.45) is 17.8 Å². The summed E-state index contributed by atoms with van der Waals surface area (Å²) in [6, 6.07) is 5.36. The fourth-order valence-corrected chi connectivity index (χ4v) is 5.35. The average Bonchev–Trinajstić information content (AvgIpc) is 3.42. The summed E-state index contributed by atoms with van der Waals surface area (Å²) < 4.78 is 5.31. The molecule has 2 saturated carbocycles. The summed E-state index contributed by atoms with van der Waals surface area (Å²) in [5.74, 6) is -0.239. The quantitative estimate of drug-likeness (QED) is 0.573. The highest BCUT2D eigenvalue weighted by atomic mass is 16.5. The van der Waals surface area contributed by atoms with Crippen LogP contribution in [0.1, 0.15) is 67.2 Å². The molecule has 2 fully saturated rings. The number of carbonyl (C=O) groups excluding carboxylic acids is 4. The minimum Gasteiger partial charge on any atom is -0.451 e. The van der Waals surface area contributed by atoms with Gasteiger partial charge in [0, 0.05) is 6.04 Å². The standard InChI is InChI=1S/C23H28N2O5/c1-12(19-11-15-8-9-16(19)10-15)24-20(26)14(3)30-23(29)13(2)25-21(27)17-6-4-5-7-18(17)22(25)28/h4-7,12-16,19H,8-11H2,1-3H3,(H,24,26)/t12-,13+,14-,15+,16+,19-/m0/s1. The van der Waals surface area contributed by atoms with E-state index in [1.165, 1.54) is 33.1 Å². The lowest BCUT2D eigenvalue weighted by atomic mass is 9.84. The van der Waals surface area contributed by atoms with Gasteiger partial charge in [0.05, 0.1) is 11.1 Å². The lowest BCUT2D eigenvalue weighted by Gasteiger charge is -2.29. The molecule has 7 nitrogen and oxygen atoms in total. The lowest BCUT2D eigenvalue weighted by Crippen LogP contribution is -2.48. The fraction of sp³-hybridized carbons (Fsp3) is 0.565. The number of esters is 1. The molecule has 7 heteroatoms. The molecule has 1 aromatic carbocycles. The lowest BCUT2D eigenvalue weighted by molar-refractivity contribution is -0.158. The molecule has 3 aliphatic rings. The van der Waals surface area contributed by atoms with Crippen LogP contribution in [0.5, 0.6) is 0 Å². The number of benzene rings is 1. The van der Waals surface area contributed by atoms with Gasteiger partial charge in [0.1, 0.15) is 6.04 Å². The second-order valence-electron chi connectivity index (χ2n) is 8.92. The number of amides is 3. The molecule has 4 rings (SSSR count). The Hall–Kier alpha value is -2.70. The summed E-state index contributed by atoms with van der Waals surface area (Å²) in [7, 11) is 0. The normalized spacial score (nSPS) is 27.6. The molecule has 0 saturated heterocycles. The smallest absolute Gasteiger partial charge is 0.329 e. The van der Waals surface area contributed by atoms with Crippen LogP contribution in [0, 0.1) is 17.8 Å². The molecule has 160 valence electrons. The van der Waals surface area contributed by atoms with E-state index in [9.17, 15) is 19.2 Å². The molecule has 0 unspecified atom stereocenters. The highest BCUT2D eigenvalue weighted by molar-refractivity contribution is 6.22. The van der Waals surface area contributed by atoms with Crippen LogP contribution in [-0.2, 0) is 14.3 Å². The number of ether oxygens (including phenoxy) is 1. The van der Waals surface area contributed by atoms with Gasteiger partial charge in [-0.3, -0.25) is 19.3 Å². The molecular weight excluding hydrogens is 384 g/mol. The second-order valence-corrected chi connectivity index (χ2v) is 8.92. The zero-order chi connectivity index (χ0) is 21.6. The van der Waals surface area contributed by atoms with Crippen LogP contribution in [0.3, 0.4) is 0 Å². The van der Waals surface area contributed by atoms with Crippen LogP contribution < -0.4 is 5.32 Å². The Morgan fingerprint density at radius 1 is 1.03 bits per heavy atom. The molecule has 0 aromatic heterocycles. The first kappa shape index (κ1) is 20.6. The van der Waals surface area contributed by atoms with Crippen molar-refractivity contribution in [2.45, 2.75) is 64.6 Å². The SMILES string of the molecule is C[C@H](OC(=O)[C@@H](C)N1C(=O)c2ccccc2C1=O)C(=O)N[C@@H](C)[C@@H]1C[C@@H]2CC[C@@H]1C2. The number of nitrogens with one attached hydrogen (secondary N) is 1. The van der Waals surface area contributed by atoms with Crippen molar-refractivity contribution in [1.29, 1.82) is 0 Å². The van der Waals surface area contributed by atoms with Gasteiger partial charge in [-0.25, -0.2) is 4.79 Å². The summed E-state index contributed by atoms with van der Waals surface area (Å²) in [6.07, 6.45) is 3.93. The Bertz CT molecular complexity index is 862. The van der Waals surface area contributed by atoms with Crippen LogP contribution in [0.25, 0.3) is 0 Å². The third kappa shape index (κ3) is 3.50. The van der Waals surface area contributed by atoms with E-state index < -0.39 is 29.9 Å². The van der Waals surface area contributed by atoms with Crippen molar-refractivity contribution in [3.63, 3.8) is 0 Å². The van der Waals surface area contributed by atoms with Gasteiger partial charge in [-0.2, -0.15) is 0 Å². The van der Waals surface area contributed by atoms with E-state index in [0.717, 1.165) is 17.2 Å². The predicted molar refractivity (Wildman–Crippen MR) is 109 cm³/mol. The Morgan fingerprint density at radius 3 is 2.20 bits per heavy atom. The number of fused-ring (bicyclic) bond motifs is 3. The van der Waals surface area contributed by atoms with E-state index in [2.05, 4.69) is 5.32 Å². The van der Waals surface area contributed by atoms with Gasteiger partial charge in [0.15, 0.2) is 6.10 Å². The van der Waals surface area contributed by atoms with Crippen molar-refractivity contribution in [3.8, 4) is 0 Å². The topological polar surface area (TPSA) is 92.8 Å². The summed E-state index contributed by atoms with van der Waals surface area (Å²) in [6.45, 7) is 4.96. The summed E-state index contributed by atoms with van der Waals surface area (Å²) in [4.78, 5) is 51.1. The van der Waals surface area contributed by atoms with Crippen molar-refractivity contribution >= 4 is 23.7 Å². The number of carbonyl (C=O) groups is 4. The number of imide groups is 1. The monoisotopic (exact) mass is 412 g/mol. The number of rotatable bonds is 6. The first-order valence-electron chi connectivity index (χ1n) is 10.8. The van der Waals surface area contributed by atoms with Gasteiger partial charge < -0.3 is 10.1 Å². The first-order chi connectivity index (χ1) is 14.3. The van der Waals surface area contributed by atoms with E-state index in [1.54, 1.807) is 24.3 Å². The predicted octanol–water partition coefficient (Wildman–Crippen LogP) is 2.54. The molecule has 6 atom stereocenters. The average molecular weight is 412 g/mol. The van der Waals surface area contributed by atoms with Gasteiger partial charge in [0.2, 0.25) is 0 Å². The molecule has 1 heterocycles. The van der Waals surface area contributed by atoms with Gasteiger partial charge in [0.25, 0.3) is 17.7 Å². The maximum atomic E-state index is 12.6. The van der Waals surface area contributed by atoms with Crippen molar-refractivity contribution in [2.75, 3.05) is 0 Å². The van der Waals surface area contributed by atoms with Crippen molar-refractivity contribution < 1.29 is 23.9 Å². The highest BCUT2D eigenvalue weighted by Gasteiger charge is 2.43. The molecule has 0 spiro atoms. The second kappa shape index (κ2) is 7.85. The number of hydrogen-bond acceptors (Lipinski definition) is 5. The van der Waals surface area contributed by atoms with Crippen LogP contribution in [0.15, 0.2) is 24.3 Å². The third-order valence-electron chi connectivity index (χ3n) is 7.02. The molecule has 1 aromatic rings. The Kier molecular flexibility index (Phi) is 5.38. The number of nitrogens with zero attached hydrogens (tertiary/aromatic N) is 1. The minimum absolute atomic E-state index is 0.0302. The summed E-state index contributed by atoms with van der Waals surface area (Å²) in [5.41, 5.74) is 0.542. The van der Waals surface area contributed by atoms with E-state index in [0.29, 0.717) is 11.8 Å². The van der Waals surface area contributed by atoms with Crippen molar-refractivity contribution in [1.82, 2.24) is 10.2 Å². The molecule has 2 bridgehead atoms. The zero-order valence-corrected chi connectivity index (χ0v) is 17.6. The molecule has 2 aliphatic carbocycles. The largest absolute Gasteiger partial charge is 0.451 e. The van der Waals surface area contributed by atoms with Crippen LogP contribution in [0.4, 0.5) is 0 Å². The molecular formula is C23H28N2O5. The van der Waals surface area contributed by atoms with E-state index in [1.807, 2.05) is 6.92 Å². The van der Waals surface area contributed by atoms with E-state index in [-0.39, 0.29) is 23.1 Å². The summed E-state index contributed by atoms with van der Waals surface area (Å²) in [5, 5.41) is 2.99. The summed E-state index contributed by atoms with van der Waals surface area (Å²) >= 11 is 0. The van der Waals surface area contributed by atoms with E-state index >= 15 is 0 Å². The van der Waals surface area contributed by atoms with Gasteiger partial charge in [-0.15, -0.1) is 0 Å². The van der Waals surface area contributed by atoms with Crippen LogP contribution >= 0.6 is 0 Å². The molecule has 0 radical (unpaired) electrons. The maximum absolute atomic E-state index is 12.6. The van der Waals surface area contributed by atoms with Gasteiger partial charge >= 0.3 is 5.97 Å². The molecule has 1 N–H and O–H groups in total. The zero-order valence-electron chi connectivity index (χ0n) is 17.6. The van der Waals surface area contributed by atoms with Crippen molar-refractivity contribution in [3.05, 3.63) is 35.4 Å². The molecule has 3 amide bonds. The molecule has 30 heavy (non-hydrogen) atoms. The van der Waals surface area contributed by atoms with Gasteiger partial charge in [-0.1, -0.05) is 18.6 Å². The highest BCUT2D eigenvalue weighted by Crippen LogP contribution is 2.49. The van der Waals surface area contributed by atoms with Crippen LogP contribution in [-0.4, -0.2) is 46.8 Å². The first-order valence-corrected chi connectivity index (χ1v) is 10.8. The minimum atomic E-state index is -1.12.